The van der Waals surface area contributed by atoms with Crippen LogP contribution in [-0.4, -0.2) is 78.4 Å². The molecule has 0 radical (unpaired) electrons. The predicted molar refractivity (Wildman–Crippen MR) is 139 cm³/mol. The molecular weight excluding hydrogens is 526 g/mol. The van der Waals surface area contributed by atoms with E-state index >= 15 is 0 Å². The van der Waals surface area contributed by atoms with Crippen LogP contribution in [0.3, 0.4) is 0 Å². The molecule has 0 saturated heterocycles. The van der Waals surface area contributed by atoms with Gasteiger partial charge in [0, 0.05) is 31.0 Å². The average molecular weight is 556 g/mol. The number of nitrogens with one attached hydrogen (secondary N) is 1. The van der Waals surface area contributed by atoms with Crippen molar-refractivity contribution in [2.24, 2.45) is 0 Å². The van der Waals surface area contributed by atoms with E-state index in [1.54, 1.807) is 0 Å². The molecule has 40 heavy (non-hydrogen) atoms. The van der Waals surface area contributed by atoms with Crippen LogP contribution in [-0.2, 0) is 23.9 Å². The summed E-state index contributed by atoms with van der Waals surface area (Å²) in [7, 11) is 0. The Morgan fingerprint density at radius 2 is 1.32 bits per heavy atom. The van der Waals surface area contributed by atoms with Crippen molar-refractivity contribution in [1.82, 2.24) is 5.32 Å². The summed E-state index contributed by atoms with van der Waals surface area (Å²) in [5.74, 6) is -4.12. The number of phenolic OH excluding ortho intramolecular Hbond substituents is 4. The van der Waals surface area contributed by atoms with Gasteiger partial charge in [0.2, 0.25) is 0 Å². The number of amides is 1. The molecule has 12 nitrogen and oxygen atoms in total. The molecule has 0 spiro atoms. The fourth-order valence-electron chi connectivity index (χ4n) is 4.22. The first kappa shape index (κ1) is 28.5. The van der Waals surface area contributed by atoms with Crippen molar-refractivity contribution in [3.8, 4) is 23.0 Å². The lowest BCUT2D eigenvalue weighted by Gasteiger charge is -2.41. The first-order valence-corrected chi connectivity index (χ1v) is 12.5. The Morgan fingerprint density at radius 3 is 1.82 bits per heavy atom. The van der Waals surface area contributed by atoms with Crippen molar-refractivity contribution in [2.75, 3.05) is 0 Å². The minimum absolute atomic E-state index is 0.0839. The maximum absolute atomic E-state index is 12.7. The van der Waals surface area contributed by atoms with Gasteiger partial charge in [-0.25, -0.2) is 9.59 Å². The molecule has 7 N–H and O–H groups in total. The van der Waals surface area contributed by atoms with E-state index in [0.29, 0.717) is 11.1 Å². The number of ether oxygens (including phenoxy) is 2. The lowest BCUT2D eigenvalue weighted by Crippen LogP contribution is -2.60. The highest BCUT2D eigenvalue weighted by molar-refractivity contribution is 5.89. The van der Waals surface area contributed by atoms with Gasteiger partial charge in [-0.15, -0.1) is 0 Å². The van der Waals surface area contributed by atoms with E-state index in [1.807, 2.05) is 0 Å². The summed E-state index contributed by atoms with van der Waals surface area (Å²) in [4.78, 5) is 37.9. The number of carbonyl (C=O) groups excluding carboxylic acids is 3. The Bertz CT molecular complexity index is 1350. The van der Waals surface area contributed by atoms with Crippen molar-refractivity contribution < 1.29 is 54.5 Å². The van der Waals surface area contributed by atoms with Crippen LogP contribution in [0.4, 0.5) is 0 Å². The minimum atomic E-state index is -2.10. The van der Waals surface area contributed by atoms with E-state index in [0.717, 1.165) is 25.0 Å². The highest BCUT2D eigenvalue weighted by Gasteiger charge is 2.52. The van der Waals surface area contributed by atoms with Crippen molar-refractivity contribution in [1.29, 1.82) is 0 Å². The third kappa shape index (κ3) is 7.10. The maximum atomic E-state index is 12.7. The third-order valence-electron chi connectivity index (χ3n) is 6.51. The molecule has 4 rings (SSSR count). The molecule has 2 aromatic carbocycles. The van der Waals surface area contributed by atoms with Crippen molar-refractivity contribution in [3.05, 3.63) is 59.7 Å². The highest BCUT2D eigenvalue weighted by atomic mass is 16.6. The predicted octanol–water partition coefficient (Wildman–Crippen LogP) is 1.22. The van der Waals surface area contributed by atoms with E-state index < -0.39 is 66.1 Å². The van der Waals surface area contributed by atoms with Gasteiger partial charge in [-0.1, -0.05) is 12.1 Å². The van der Waals surface area contributed by atoms with Crippen molar-refractivity contribution in [3.63, 3.8) is 0 Å². The second kappa shape index (κ2) is 11.7. The molecule has 0 bridgehead atoms. The molecule has 0 heterocycles. The summed E-state index contributed by atoms with van der Waals surface area (Å²) in [6.07, 6.45) is 0.698. The summed E-state index contributed by atoms with van der Waals surface area (Å²) in [6, 6.07) is 7.62. The lowest BCUT2D eigenvalue weighted by atomic mass is 9.78. The van der Waals surface area contributed by atoms with Crippen LogP contribution in [0.25, 0.3) is 12.2 Å². The molecule has 2 aromatic rings. The number of esters is 2. The lowest BCUT2D eigenvalue weighted by molar-refractivity contribution is -0.198. The highest BCUT2D eigenvalue weighted by Crippen LogP contribution is 2.34. The summed E-state index contributed by atoms with van der Waals surface area (Å²) < 4.78 is 10.8. The van der Waals surface area contributed by atoms with Crippen LogP contribution < -0.4 is 5.32 Å². The molecule has 0 unspecified atom stereocenters. The molecule has 4 atom stereocenters. The Hall–Kier alpha value is -4.55. The molecule has 1 amide bonds. The van der Waals surface area contributed by atoms with Crippen LogP contribution in [0.2, 0.25) is 0 Å². The molecule has 212 valence electrons. The topological polar surface area (TPSA) is 203 Å². The fraction of sp³-hybridized carbons (Fsp3) is 0.321. The van der Waals surface area contributed by atoms with E-state index in [-0.39, 0.29) is 17.5 Å². The molecule has 0 aliphatic heterocycles. The summed E-state index contributed by atoms with van der Waals surface area (Å²) >= 11 is 0. The maximum Gasteiger partial charge on any atom is 0.331 e. The summed E-state index contributed by atoms with van der Waals surface area (Å²) in [6.45, 7) is 0. The number of aliphatic hydroxyl groups excluding tert-OH is 1. The zero-order valence-electron chi connectivity index (χ0n) is 21.1. The van der Waals surface area contributed by atoms with Gasteiger partial charge in [0.1, 0.15) is 11.7 Å². The van der Waals surface area contributed by atoms with E-state index in [1.165, 1.54) is 48.6 Å². The van der Waals surface area contributed by atoms with Crippen molar-refractivity contribution >= 4 is 30.0 Å². The van der Waals surface area contributed by atoms with Gasteiger partial charge in [-0.3, -0.25) is 4.79 Å². The zero-order valence-corrected chi connectivity index (χ0v) is 21.1. The van der Waals surface area contributed by atoms with Gasteiger partial charge in [-0.2, -0.15) is 0 Å². The number of aliphatic hydroxyl groups is 2. The van der Waals surface area contributed by atoms with E-state index in [2.05, 4.69) is 5.32 Å². The Labute approximate surface area is 228 Å². The Morgan fingerprint density at radius 1 is 0.800 bits per heavy atom. The number of benzene rings is 2. The number of aromatic hydroxyl groups is 4. The first-order valence-electron chi connectivity index (χ1n) is 12.5. The van der Waals surface area contributed by atoms with Gasteiger partial charge >= 0.3 is 11.9 Å². The molecule has 2 aliphatic carbocycles. The average Bonchev–Trinajstić information content (AvgIpc) is 3.71. The second-order valence-electron chi connectivity index (χ2n) is 9.79. The normalized spacial score (nSPS) is 24.6. The van der Waals surface area contributed by atoms with Crippen LogP contribution in [0, 0.1) is 0 Å². The third-order valence-corrected chi connectivity index (χ3v) is 6.51. The summed E-state index contributed by atoms with van der Waals surface area (Å²) in [5, 5.41) is 62.6. The van der Waals surface area contributed by atoms with E-state index in [9.17, 15) is 45.0 Å². The SMILES string of the molecule is O=C(/C=C/c1ccc(O)c(O)c1)O[C@@H]1[C@H](O)C[C@@](O)(C(=O)NC2CC2)C[C@H]1OC(=O)/C=C/c1ccc(O)c(O)c1. The largest absolute Gasteiger partial charge is 0.504 e. The molecule has 12 heteroatoms. The van der Waals surface area contributed by atoms with E-state index in [4.69, 9.17) is 9.47 Å². The minimum Gasteiger partial charge on any atom is -0.504 e. The van der Waals surface area contributed by atoms with Gasteiger partial charge in [0.15, 0.2) is 29.1 Å². The van der Waals surface area contributed by atoms with Gasteiger partial charge < -0.3 is 45.4 Å². The van der Waals surface area contributed by atoms with Crippen LogP contribution in [0.1, 0.15) is 36.8 Å². The van der Waals surface area contributed by atoms with Gasteiger partial charge in [-0.05, 0) is 60.4 Å². The molecule has 2 aliphatic rings. The Kier molecular flexibility index (Phi) is 8.31. The Balaban J connectivity index is 1.50. The van der Waals surface area contributed by atoms with Crippen LogP contribution in [0.5, 0.6) is 23.0 Å². The molecule has 2 fully saturated rings. The fourth-order valence-corrected chi connectivity index (χ4v) is 4.22. The monoisotopic (exact) mass is 555 g/mol. The van der Waals surface area contributed by atoms with Crippen molar-refractivity contribution in [2.45, 2.75) is 55.6 Å². The quantitative estimate of drug-likeness (QED) is 0.140. The number of hydrogen-bond donors (Lipinski definition) is 7. The first-order chi connectivity index (χ1) is 18.9. The molecular formula is C28H29NO11. The van der Waals surface area contributed by atoms with Crippen LogP contribution >= 0.6 is 0 Å². The summed E-state index contributed by atoms with van der Waals surface area (Å²) in [5.41, 5.74) is -1.39. The number of rotatable bonds is 8. The number of phenols is 4. The van der Waals surface area contributed by atoms with Crippen LogP contribution in [0.15, 0.2) is 48.6 Å². The number of hydrogen-bond acceptors (Lipinski definition) is 11. The molecule has 2 saturated carbocycles. The van der Waals surface area contributed by atoms with Gasteiger partial charge in [0.25, 0.3) is 5.91 Å². The van der Waals surface area contributed by atoms with Gasteiger partial charge in [0.05, 0.1) is 6.10 Å². The zero-order chi connectivity index (χ0) is 29.0. The number of carbonyl (C=O) groups is 3. The second-order valence-corrected chi connectivity index (χ2v) is 9.79. The smallest absolute Gasteiger partial charge is 0.331 e. The standard InChI is InChI=1S/C28H29NO11/c30-18-7-1-15(11-20(18)32)3-9-24(35)39-23-14-28(38,27(37)29-17-5-6-17)13-22(34)26(23)40-25(36)10-4-16-2-8-19(31)21(33)12-16/h1-4,7-12,17,22-23,26,30-34,38H,5-6,13-14H2,(H,29,37)/b9-3+,10-4+/t22-,23-,26-,28+/m1/s1. The molecule has 0 aromatic heterocycles.